The first-order valence-corrected chi connectivity index (χ1v) is 6.96. The van der Waals surface area contributed by atoms with Crippen molar-refractivity contribution >= 4 is 11.0 Å². The first-order chi connectivity index (χ1) is 9.78. The Kier molecular flexibility index (Phi) is 3.42. The van der Waals surface area contributed by atoms with E-state index < -0.39 is 0 Å². The van der Waals surface area contributed by atoms with Gasteiger partial charge in [-0.05, 0) is 37.1 Å². The third-order valence-corrected chi connectivity index (χ3v) is 3.29. The smallest absolute Gasteiger partial charge is 0.138 e. The normalized spacial score (nSPS) is 10.9. The third kappa shape index (κ3) is 2.39. The predicted octanol–water partition coefficient (Wildman–Crippen LogP) is 4.33. The average molecular weight is 266 g/mol. The SMILES string of the molecule is CCCOc1cccc(-c2nc3c(C)cccc3[nH]2)c1. The Bertz CT molecular complexity index is 731. The first-order valence-electron chi connectivity index (χ1n) is 6.96. The van der Waals surface area contributed by atoms with Gasteiger partial charge in [0.25, 0.3) is 0 Å². The predicted molar refractivity (Wildman–Crippen MR) is 82.1 cm³/mol. The molecule has 3 nitrogen and oxygen atoms in total. The maximum Gasteiger partial charge on any atom is 0.138 e. The van der Waals surface area contributed by atoms with E-state index in [2.05, 4.69) is 31.0 Å². The summed E-state index contributed by atoms with van der Waals surface area (Å²) in [5.74, 6) is 1.78. The molecule has 0 aliphatic heterocycles. The molecule has 3 rings (SSSR count). The number of hydrogen-bond donors (Lipinski definition) is 1. The van der Waals surface area contributed by atoms with Crippen LogP contribution in [0.4, 0.5) is 0 Å². The molecule has 3 heteroatoms. The summed E-state index contributed by atoms with van der Waals surface area (Å²) in [6, 6.07) is 14.2. The van der Waals surface area contributed by atoms with Crippen LogP contribution >= 0.6 is 0 Å². The molecule has 0 saturated heterocycles. The lowest BCUT2D eigenvalue weighted by Gasteiger charge is -2.05. The van der Waals surface area contributed by atoms with Crippen LogP contribution in [0.25, 0.3) is 22.4 Å². The number of nitrogens with zero attached hydrogens (tertiary/aromatic N) is 1. The van der Waals surface area contributed by atoms with Crippen LogP contribution in [-0.4, -0.2) is 16.6 Å². The Morgan fingerprint density at radius 1 is 1.15 bits per heavy atom. The van der Waals surface area contributed by atoms with Crippen molar-refractivity contribution < 1.29 is 4.74 Å². The van der Waals surface area contributed by atoms with Gasteiger partial charge in [-0.2, -0.15) is 0 Å². The zero-order chi connectivity index (χ0) is 13.9. The van der Waals surface area contributed by atoms with E-state index in [0.717, 1.165) is 41.2 Å². The quantitative estimate of drug-likeness (QED) is 0.763. The molecule has 1 N–H and O–H groups in total. The van der Waals surface area contributed by atoms with Gasteiger partial charge in [-0.3, -0.25) is 0 Å². The highest BCUT2D eigenvalue weighted by molar-refractivity contribution is 5.82. The number of hydrogen-bond acceptors (Lipinski definition) is 2. The van der Waals surface area contributed by atoms with E-state index in [4.69, 9.17) is 9.72 Å². The zero-order valence-electron chi connectivity index (χ0n) is 11.8. The van der Waals surface area contributed by atoms with Crippen LogP contribution in [0.15, 0.2) is 42.5 Å². The van der Waals surface area contributed by atoms with Crippen molar-refractivity contribution in [3.05, 3.63) is 48.0 Å². The molecule has 0 radical (unpaired) electrons. The fourth-order valence-electron chi connectivity index (χ4n) is 2.27. The Morgan fingerprint density at radius 2 is 2.00 bits per heavy atom. The van der Waals surface area contributed by atoms with Crippen molar-refractivity contribution in [2.75, 3.05) is 6.61 Å². The number of benzene rings is 2. The number of aromatic nitrogens is 2. The molecule has 0 saturated carbocycles. The lowest BCUT2D eigenvalue weighted by Crippen LogP contribution is -1.94. The van der Waals surface area contributed by atoms with Gasteiger partial charge >= 0.3 is 0 Å². The van der Waals surface area contributed by atoms with Crippen LogP contribution in [0.3, 0.4) is 0 Å². The highest BCUT2D eigenvalue weighted by atomic mass is 16.5. The van der Waals surface area contributed by atoms with Gasteiger partial charge in [-0.15, -0.1) is 0 Å². The van der Waals surface area contributed by atoms with E-state index in [1.165, 1.54) is 5.56 Å². The van der Waals surface area contributed by atoms with Crippen molar-refractivity contribution in [1.29, 1.82) is 0 Å². The summed E-state index contributed by atoms with van der Waals surface area (Å²) in [5, 5.41) is 0. The van der Waals surface area contributed by atoms with Crippen molar-refractivity contribution in [1.82, 2.24) is 9.97 Å². The Labute approximate surface area is 118 Å². The highest BCUT2D eigenvalue weighted by Gasteiger charge is 2.07. The second kappa shape index (κ2) is 5.37. The van der Waals surface area contributed by atoms with Crippen molar-refractivity contribution in [2.24, 2.45) is 0 Å². The molecule has 1 heterocycles. The van der Waals surface area contributed by atoms with Crippen molar-refractivity contribution in [3.8, 4) is 17.1 Å². The van der Waals surface area contributed by atoms with E-state index in [9.17, 15) is 0 Å². The molecule has 0 fully saturated rings. The van der Waals surface area contributed by atoms with Gasteiger partial charge in [0.15, 0.2) is 0 Å². The Morgan fingerprint density at radius 3 is 2.80 bits per heavy atom. The molecule has 20 heavy (non-hydrogen) atoms. The number of aromatic amines is 1. The van der Waals surface area contributed by atoms with E-state index in [-0.39, 0.29) is 0 Å². The molecule has 1 aromatic heterocycles. The van der Waals surface area contributed by atoms with Crippen LogP contribution in [0.1, 0.15) is 18.9 Å². The molecule has 0 spiro atoms. The van der Waals surface area contributed by atoms with Crippen molar-refractivity contribution in [3.63, 3.8) is 0 Å². The second-order valence-corrected chi connectivity index (χ2v) is 4.93. The summed E-state index contributed by atoms with van der Waals surface area (Å²) < 4.78 is 5.67. The topological polar surface area (TPSA) is 37.9 Å². The number of H-pyrrole nitrogens is 1. The van der Waals surface area contributed by atoms with E-state index >= 15 is 0 Å². The van der Waals surface area contributed by atoms with Crippen LogP contribution in [0, 0.1) is 6.92 Å². The minimum Gasteiger partial charge on any atom is -0.494 e. The number of para-hydroxylation sites is 1. The summed E-state index contributed by atoms with van der Waals surface area (Å²) in [5.41, 5.74) is 4.33. The number of rotatable bonds is 4. The van der Waals surface area contributed by atoms with Crippen LogP contribution in [0.5, 0.6) is 5.75 Å². The molecule has 0 aliphatic rings. The summed E-state index contributed by atoms with van der Waals surface area (Å²) in [7, 11) is 0. The van der Waals surface area contributed by atoms with Gasteiger partial charge in [0.2, 0.25) is 0 Å². The second-order valence-electron chi connectivity index (χ2n) is 4.93. The lowest BCUT2D eigenvalue weighted by atomic mass is 10.2. The summed E-state index contributed by atoms with van der Waals surface area (Å²) in [4.78, 5) is 8.06. The summed E-state index contributed by atoms with van der Waals surface area (Å²) >= 11 is 0. The number of ether oxygens (including phenoxy) is 1. The molecule has 0 amide bonds. The van der Waals surface area contributed by atoms with Crippen LogP contribution < -0.4 is 4.74 Å². The largest absolute Gasteiger partial charge is 0.494 e. The van der Waals surface area contributed by atoms with Gasteiger partial charge in [0.05, 0.1) is 17.6 Å². The molecule has 0 unspecified atom stereocenters. The van der Waals surface area contributed by atoms with E-state index in [0.29, 0.717) is 0 Å². The fraction of sp³-hybridized carbons (Fsp3) is 0.235. The average Bonchev–Trinajstić information content (AvgIpc) is 2.91. The summed E-state index contributed by atoms with van der Waals surface area (Å²) in [6.07, 6.45) is 1.01. The van der Waals surface area contributed by atoms with Gasteiger partial charge in [0.1, 0.15) is 11.6 Å². The molecule has 3 aromatic rings. The maximum absolute atomic E-state index is 5.67. The Hall–Kier alpha value is -2.29. The number of fused-ring (bicyclic) bond motifs is 1. The number of aryl methyl sites for hydroxylation is 1. The molecular formula is C17H18N2O. The van der Waals surface area contributed by atoms with Crippen LogP contribution in [-0.2, 0) is 0 Å². The molecular weight excluding hydrogens is 248 g/mol. The molecule has 2 aromatic carbocycles. The van der Waals surface area contributed by atoms with E-state index in [1.54, 1.807) is 0 Å². The Balaban J connectivity index is 2.00. The number of nitrogens with one attached hydrogen (secondary N) is 1. The highest BCUT2D eigenvalue weighted by Crippen LogP contribution is 2.25. The van der Waals surface area contributed by atoms with Gasteiger partial charge in [-0.25, -0.2) is 4.98 Å². The monoisotopic (exact) mass is 266 g/mol. The maximum atomic E-state index is 5.67. The van der Waals surface area contributed by atoms with Crippen LogP contribution in [0.2, 0.25) is 0 Å². The lowest BCUT2D eigenvalue weighted by molar-refractivity contribution is 0.317. The van der Waals surface area contributed by atoms with Gasteiger partial charge in [-0.1, -0.05) is 31.2 Å². The van der Waals surface area contributed by atoms with Gasteiger partial charge in [0, 0.05) is 5.56 Å². The third-order valence-electron chi connectivity index (χ3n) is 3.29. The minimum absolute atomic E-state index is 0.739. The van der Waals surface area contributed by atoms with Gasteiger partial charge < -0.3 is 9.72 Å². The molecule has 0 atom stereocenters. The van der Waals surface area contributed by atoms with Crippen molar-refractivity contribution in [2.45, 2.75) is 20.3 Å². The number of imidazole rings is 1. The molecule has 0 bridgehead atoms. The fourth-order valence-corrected chi connectivity index (χ4v) is 2.27. The molecule has 0 aliphatic carbocycles. The standard InChI is InChI=1S/C17H18N2O/c1-3-10-20-14-8-5-7-13(11-14)17-18-15-9-4-6-12(2)16(15)19-17/h4-9,11H,3,10H2,1-2H3,(H,18,19). The summed E-state index contributed by atoms with van der Waals surface area (Å²) in [6.45, 7) is 4.92. The van der Waals surface area contributed by atoms with E-state index in [1.807, 2.05) is 30.3 Å². The molecule has 102 valence electrons. The zero-order valence-corrected chi connectivity index (χ0v) is 11.8. The first kappa shape index (κ1) is 12.7. The minimum atomic E-state index is 0.739.